The van der Waals surface area contributed by atoms with Crippen molar-refractivity contribution >= 4 is 11.4 Å². The number of hydrogen-bond donors (Lipinski definition) is 5. The molecule has 124 valence electrons. The summed E-state index contributed by atoms with van der Waals surface area (Å²) in [5, 5.41) is 33.3. The predicted molar refractivity (Wildman–Crippen MR) is 93.3 cm³/mol. The molecule has 0 bridgehead atoms. The van der Waals surface area contributed by atoms with Crippen LogP contribution in [0.2, 0.25) is 0 Å². The highest BCUT2D eigenvalue weighted by molar-refractivity contribution is 5.52. The van der Waals surface area contributed by atoms with Gasteiger partial charge in [-0.3, -0.25) is 0 Å². The zero-order valence-corrected chi connectivity index (χ0v) is 13.3. The van der Waals surface area contributed by atoms with Crippen LogP contribution in [0.25, 0.3) is 0 Å². The zero-order chi connectivity index (χ0) is 16.7. The third-order valence-electron chi connectivity index (χ3n) is 3.76. The van der Waals surface area contributed by atoms with Gasteiger partial charge in [-0.25, -0.2) is 0 Å². The molecule has 5 heteroatoms. The van der Waals surface area contributed by atoms with Gasteiger partial charge in [0.05, 0.1) is 0 Å². The van der Waals surface area contributed by atoms with E-state index in [-0.39, 0.29) is 11.5 Å². The molecule has 0 spiro atoms. The van der Waals surface area contributed by atoms with Crippen LogP contribution in [0.4, 0.5) is 11.4 Å². The lowest BCUT2D eigenvalue weighted by Crippen LogP contribution is -2.14. The van der Waals surface area contributed by atoms with E-state index in [9.17, 15) is 5.11 Å². The van der Waals surface area contributed by atoms with Crippen LogP contribution in [0.15, 0.2) is 42.5 Å². The van der Waals surface area contributed by atoms with Crippen LogP contribution in [0.3, 0.4) is 0 Å². The second kappa shape index (κ2) is 8.17. The first-order chi connectivity index (χ1) is 11.1. The lowest BCUT2D eigenvalue weighted by molar-refractivity contribution is 0.451. The molecule has 1 aliphatic carbocycles. The molecule has 2 aromatic rings. The third kappa shape index (κ3) is 5.62. The number of hydrogen-bond acceptors (Lipinski definition) is 5. The molecule has 0 heterocycles. The molecular formula is C18H24N2O3. The van der Waals surface area contributed by atoms with Gasteiger partial charge in [0.1, 0.15) is 17.2 Å². The molecule has 1 aliphatic rings. The lowest BCUT2D eigenvalue weighted by Gasteiger charge is -2.13. The minimum absolute atomic E-state index is 0.0596. The Bertz CT molecular complexity index is 605. The Balaban J connectivity index is 0.000000174. The molecule has 5 N–H and O–H groups in total. The molecule has 1 saturated carbocycles. The number of aromatic hydroxyl groups is 3. The molecule has 2 aromatic carbocycles. The van der Waals surface area contributed by atoms with Crippen LogP contribution in [0, 0.1) is 0 Å². The normalized spacial score (nSPS) is 14.0. The molecular weight excluding hydrogens is 292 g/mol. The molecule has 3 rings (SSSR count). The fourth-order valence-electron chi connectivity index (χ4n) is 2.64. The Labute approximate surface area is 136 Å². The average molecular weight is 316 g/mol. The molecule has 0 saturated heterocycles. The van der Waals surface area contributed by atoms with Gasteiger partial charge in [-0.2, -0.15) is 0 Å². The molecule has 5 nitrogen and oxygen atoms in total. The standard InChI is InChI=1S/C11H15NO.C7H9NO2/c13-11-7-3-6-10(8-11)12-9-4-1-2-5-9;1-8-5-2-6(9)4-7(10)3-5/h3,6-9,12-13H,1-2,4-5H2;2-4,8-10H,1H3. The maximum atomic E-state index is 9.25. The fourth-order valence-corrected chi connectivity index (χ4v) is 2.64. The number of anilines is 2. The quantitative estimate of drug-likeness (QED) is 0.593. The van der Waals surface area contributed by atoms with E-state index in [1.807, 2.05) is 12.1 Å². The van der Waals surface area contributed by atoms with E-state index in [0.29, 0.717) is 17.5 Å². The van der Waals surface area contributed by atoms with Crippen molar-refractivity contribution in [1.29, 1.82) is 0 Å². The zero-order valence-electron chi connectivity index (χ0n) is 13.3. The largest absolute Gasteiger partial charge is 0.508 e. The van der Waals surface area contributed by atoms with Crippen LogP contribution in [0.5, 0.6) is 17.2 Å². The lowest BCUT2D eigenvalue weighted by atomic mass is 10.2. The first kappa shape index (κ1) is 16.8. The van der Waals surface area contributed by atoms with E-state index in [2.05, 4.69) is 10.6 Å². The van der Waals surface area contributed by atoms with Crippen molar-refractivity contribution in [3.8, 4) is 17.2 Å². The van der Waals surface area contributed by atoms with Crippen molar-refractivity contribution in [3.05, 3.63) is 42.5 Å². The molecule has 0 aliphatic heterocycles. The number of benzene rings is 2. The number of phenolic OH excluding ortho intramolecular Hbond substituents is 3. The van der Waals surface area contributed by atoms with Crippen molar-refractivity contribution in [2.45, 2.75) is 31.7 Å². The van der Waals surface area contributed by atoms with Gasteiger partial charge in [-0.15, -0.1) is 0 Å². The van der Waals surface area contributed by atoms with Crippen LogP contribution < -0.4 is 10.6 Å². The van der Waals surface area contributed by atoms with Crippen molar-refractivity contribution in [2.75, 3.05) is 17.7 Å². The van der Waals surface area contributed by atoms with Gasteiger partial charge in [0.2, 0.25) is 0 Å². The second-order valence-corrected chi connectivity index (χ2v) is 5.66. The molecule has 0 atom stereocenters. The minimum atomic E-state index is 0.0596. The van der Waals surface area contributed by atoms with Gasteiger partial charge in [0.15, 0.2) is 0 Å². The monoisotopic (exact) mass is 316 g/mol. The second-order valence-electron chi connectivity index (χ2n) is 5.66. The Hall–Kier alpha value is -2.56. The Morgan fingerprint density at radius 2 is 1.43 bits per heavy atom. The predicted octanol–water partition coefficient (Wildman–Crippen LogP) is 3.89. The first-order valence-electron chi connectivity index (χ1n) is 7.83. The van der Waals surface area contributed by atoms with E-state index >= 15 is 0 Å². The molecule has 0 unspecified atom stereocenters. The van der Waals surface area contributed by atoms with Crippen LogP contribution >= 0.6 is 0 Å². The van der Waals surface area contributed by atoms with Crippen LogP contribution in [-0.2, 0) is 0 Å². The molecule has 1 fully saturated rings. The Morgan fingerprint density at radius 1 is 0.826 bits per heavy atom. The van der Waals surface area contributed by atoms with Crippen LogP contribution in [0.1, 0.15) is 25.7 Å². The van der Waals surface area contributed by atoms with E-state index in [1.54, 1.807) is 19.2 Å². The summed E-state index contributed by atoms with van der Waals surface area (Å²) < 4.78 is 0. The Kier molecular flexibility index (Phi) is 5.97. The summed E-state index contributed by atoms with van der Waals surface area (Å²) in [5.41, 5.74) is 1.73. The minimum Gasteiger partial charge on any atom is -0.508 e. The van der Waals surface area contributed by atoms with Crippen molar-refractivity contribution in [1.82, 2.24) is 0 Å². The summed E-state index contributed by atoms with van der Waals surface area (Å²) in [7, 11) is 1.72. The topological polar surface area (TPSA) is 84.8 Å². The van der Waals surface area contributed by atoms with E-state index in [4.69, 9.17) is 10.2 Å². The van der Waals surface area contributed by atoms with E-state index < -0.39 is 0 Å². The average Bonchev–Trinajstić information content (AvgIpc) is 3.00. The van der Waals surface area contributed by atoms with Gasteiger partial charge in [-0.05, 0) is 25.0 Å². The first-order valence-corrected chi connectivity index (χ1v) is 7.83. The highest BCUT2D eigenvalue weighted by atomic mass is 16.3. The summed E-state index contributed by atoms with van der Waals surface area (Å²) in [6.07, 6.45) is 5.18. The van der Waals surface area contributed by atoms with Gasteiger partial charge >= 0.3 is 0 Å². The summed E-state index contributed by atoms with van der Waals surface area (Å²) >= 11 is 0. The summed E-state index contributed by atoms with van der Waals surface area (Å²) in [5.74, 6) is 0.455. The van der Waals surface area contributed by atoms with Crippen LogP contribution in [-0.4, -0.2) is 28.4 Å². The molecule has 23 heavy (non-hydrogen) atoms. The van der Waals surface area contributed by atoms with Gasteiger partial charge < -0.3 is 26.0 Å². The highest BCUT2D eigenvalue weighted by Crippen LogP contribution is 2.24. The fraction of sp³-hybridized carbons (Fsp3) is 0.333. The van der Waals surface area contributed by atoms with Gasteiger partial charge in [0.25, 0.3) is 0 Å². The maximum Gasteiger partial charge on any atom is 0.121 e. The summed E-state index contributed by atoms with van der Waals surface area (Å²) in [4.78, 5) is 0. The number of nitrogens with one attached hydrogen (secondary N) is 2. The number of phenols is 3. The van der Waals surface area contributed by atoms with E-state index in [1.165, 1.54) is 43.9 Å². The summed E-state index contributed by atoms with van der Waals surface area (Å²) in [6.45, 7) is 0. The Morgan fingerprint density at radius 3 is 2.00 bits per heavy atom. The van der Waals surface area contributed by atoms with E-state index in [0.717, 1.165) is 5.69 Å². The highest BCUT2D eigenvalue weighted by Gasteiger charge is 2.14. The number of rotatable bonds is 3. The smallest absolute Gasteiger partial charge is 0.121 e. The van der Waals surface area contributed by atoms with Crippen molar-refractivity contribution in [3.63, 3.8) is 0 Å². The van der Waals surface area contributed by atoms with Gasteiger partial charge in [0, 0.05) is 48.7 Å². The SMILES string of the molecule is CNc1cc(O)cc(O)c1.Oc1cccc(NC2CCCC2)c1. The molecule has 0 aromatic heterocycles. The van der Waals surface area contributed by atoms with Gasteiger partial charge in [-0.1, -0.05) is 18.9 Å². The third-order valence-corrected chi connectivity index (χ3v) is 3.76. The molecule has 0 amide bonds. The van der Waals surface area contributed by atoms with Crippen molar-refractivity contribution in [2.24, 2.45) is 0 Å². The molecule has 0 radical (unpaired) electrons. The maximum absolute atomic E-state index is 9.25. The summed E-state index contributed by atoms with van der Waals surface area (Å²) in [6, 6.07) is 12.3. The van der Waals surface area contributed by atoms with Crippen molar-refractivity contribution < 1.29 is 15.3 Å².